The van der Waals surface area contributed by atoms with Gasteiger partial charge in [0.25, 0.3) is 0 Å². The van der Waals surface area contributed by atoms with Crippen LogP contribution in [0.2, 0.25) is 0 Å². The lowest BCUT2D eigenvalue weighted by Gasteiger charge is -1.95. The molecule has 1 aromatic heterocycles. The van der Waals surface area contributed by atoms with E-state index in [1.54, 1.807) is 4.68 Å². The first-order valence-electron chi connectivity index (χ1n) is 4.79. The van der Waals surface area contributed by atoms with Crippen LogP contribution in [-0.2, 0) is 13.5 Å². The third kappa shape index (κ3) is 1.50. The van der Waals surface area contributed by atoms with Gasteiger partial charge in [0.1, 0.15) is 0 Å². The van der Waals surface area contributed by atoms with Crippen LogP contribution in [0.4, 0.5) is 0 Å². The van der Waals surface area contributed by atoms with Gasteiger partial charge in [-0.2, -0.15) is 5.10 Å². The molecule has 0 spiro atoms. The van der Waals surface area contributed by atoms with Gasteiger partial charge in [0.15, 0.2) is 5.78 Å². The fourth-order valence-corrected chi connectivity index (χ4v) is 1.57. The molecule has 0 bridgehead atoms. The number of ketones is 1. The van der Waals surface area contributed by atoms with Crippen molar-refractivity contribution >= 4 is 5.78 Å². The van der Waals surface area contributed by atoms with E-state index in [2.05, 4.69) is 5.10 Å². The van der Waals surface area contributed by atoms with Gasteiger partial charge in [-0.05, 0) is 19.3 Å². The Balaban J connectivity index is 2.31. The molecule has 1 aromatic rings. The van der Waals surface area contributed by atoms with Crippen molar-refractivity contribution in [2.75, 3.05) is 0 Å². The Morgan fingerprint density at radius 1 is 1.69 bits per heavy atom. The minimum atomic E-state index is 0.296. The lowest BCUT2D eigenvalue weighted by atomic mass is 10.1. The van der Waals surface area contributed by atoms with Crippen LogP contribution >= 0.6 is 0 Å². The van der Waals surface area contributed by atoms with E-state index >= 15 is 0 Å². The van der Waals surface area contributed by atoms with Gasteiger partial charge in [-0.1, -0.05) is 6.92 Å². The Morgan fingerprint density at radius 3 is 2.92 bits per heavy atom. The summed E-state index contributed by atoms with van der Waals surface area (Å²) < 4.78 is 1.73. The second-order valence-electron chi connectivity index (χ2n) is 3.66. The molecule has 70 valence electrons. The SMILES string of the molecule is CCc1nn(C)cc1C(=O)C1CC1. The topological polar surface area (TPSA) is 34.9 Å². The minimum absolute atomic E-state index is 0.296. The number of carbonyl (C=O) groups excluding carboxylic acids is 1. The smallest absolute Gasteiger partial charge is 0.169 e. The monoisotopic (exact) mass is 178 g/mol. The van der Waals surface area contributed by atoms with Gasteiger partial charge in [-0.3, -0.25) is 9.48 Å². The van der Waals surface area contributed by atoms with Crippen molar-refractivity contribution in [3.63, 3.8) is 0 Å². The van der Waals surface area contributed by atoms with Gasteiger partial charge >= 0.3 is 0 Å². The molecule has 0 radical (unpaired) electrons. The third-order valence-electron chi connectivity index (χ3n) is 2.45. The molecular weight excluding hydrogens is 164 g/mol. The highest BCUT2D eigenvalue weighted by molar-refractivity contribution is 6.00. The first-order chi connectivity index (χ1) is 6.22. The predicted molar refractivity (Wildman–Crippen MR) is 49.6 cm³/mol. The number of Topliss-reactive ketones (excluding diaryl/α,β-unsaturated/α-hetero) is 1. The maximum atomic E-state index is 11.7. The maximum Gasteiger partial charge on any atom is 0.169 e. The van der Waals surface area contributed by atoms with Gasteiger partial charge in [-0.15, -0.1) is 0 Å². The van der Waals surface area contributed by atoms with Crippen molar-refractivity contribution < 1.29 is 4.79 Å². The van der Waals surface area contributed by atoms with E-state index in [0.717, 1.165) is 30.5 Å². The summed E-state index contributed by atoms with van der Waals surface area (Å²) in [5.41, 5.74) is 1.78. The van der Waals surface area contributed by atoms with Crippen LogP contribution < -0.4 is 0 Å². The number of aryl methyl sites for hydroxylation is 2. The molecule has 3 heteroatoms. The van der Waals surface area contributed by atoms with Crippen LogP contribution in [0, 0.1) is 5.92 Å². The zero-order chi connectivity index (χ0) is 9.42. The number of nitrogens with zero attached hydrogens (tertiary/aromatic N) is 2. The molecule has 3 nitrogen and oxygen atoms in total. The van der Waals surface area contributed by atoms with Gasteiger partial charge in [0.2, 0.25) is 0 Å². The average Bonchev–Trinajstić information content (AvgIpc) is 2.88. The van der Waals surface area contributed by atoms with Gasteiger partial charge < -0.3 is 0 Å². The fourth-order valence-electron chi connectivity index (χ4n) is 1.57. The largest absolute Gasteiger partial charge is 0.294 e. The van der Waals surface area contributed by atoms with Crippen molar-refractivity contribution in [2.45, 2.75) is 26.2 Å². The van der Waals surface area contributed by atoms with Crippen LogP contribution in [0.15, 0.2) is 6.20 Å². The molecule has 0 saturated heterocycles. The van der Waals surface area contributed by atoms with Crippen molar-refractivity contribution in [1.82, 2.24) is 9.78 Å². The zero-order valence-electron chi connectivity index (χ0n) is 8.08. The molecule has 0 aromatic carbocycles. The van der Waals surface area contributed by atoms with Crippen LogP contribution in [0.1, 0.15) is 35.8 Å². The molecule has 0 atom stereocenters. The molecule has 13 heavy (non-hydrogen) atoms. The van der Waals surface area contributed by atoms with E-state index in [0.29, 0.717) is 11.7 Å². The Labute approximate surface area is 77.7 Å². The summed E-state index contributed by atoms with van der Waals surface area (Å²) in [5, 5.41) is 4.26. The standard InChI is InChI=1S/C10H14N2O/c1-3-9-8(6-12(2)11-9)10(13)7-4-5-7/h6-7H,3-5H2,1-2H3. The highest BCUT2D eigenvalue weighted by Crippen LogP contribution is 2.33. The zero-order valence-corrected chi connectivity index (χ0v) is 8.08. The highest BCUT2D eigenvalue weighted by atomic mass is 16.1. The van der Waals surface area contributed by atoms with Crippen LogP contribution in [-0.4, -0.2) is 15.6 Å². The summed E-state index contributed by atoms with van der Waals surface area (Å²) in [6.07, 6.45) is 4.82. The van der Waals surface area contributed by atoms with E-state index in [1.807, 2.05) is 20.2 Å². The second kappa shape index (κ2) is 2.98. The summed E-state index contributed by atoms with van der Waals surface area (Å²) in [6.45, 7) is 2.03. The lowest BCUT2D eigenvalue weighted by Crippen LogP contribution is -2.02. The molecule has 1 aliphatic rings. The van der Waals surface area contributed by atoms with Crippen molar-refractivity contribution in [2.24, 2.45) is 13.0 Å². The number of carbonyl (C=O) groups is 1. The van der Waals surface area contributed by atoms with E-state index < -0.39 is 0 Å². The summed E-state index contributed by atoms with van der Waals surface area (Å²) in [7, 11) is 1.86. The average molecular weight is 178 g/mol. The van der Waals surface area contributed by atoms with E-state index in [-0.39, 0.29) is 0 Å². The van der Waals surface area contributed by atoms with Gasteiger partial charge in [-0.25, -0.2) is 0 Å². The second-order valence-corrected chi connectivity index (χ2v) is 3.66. The summed E-state index contributed by atoms with van der Waals surface area (Å²) in [4.78, 5) is 11.7. The molecule has 1 saturated carbocycles. The molecule has 0 N–H and O–H groups in total. The minimum Gasteiger partial charge on any atom is -0.294 e. The molecule has 0 aliphatic heterocycles. The molecular formula is C10H14N2O. The predicted octanol–water partition coefficient (Wildman–Crippen LogP) is 1.58. The molecule has 2 rings (SSSR count). The summed E-state index contributed by atoms with van der Waals surface area (Å²) in [6, 6.07) is 0. The highest BCUT2D eigenvalue weighted by Gasteiger charge is 2.32. The Bertz CT molecular complexity index is 337. The van der Waals surface area contributed by atoms with E-state index in [4.69, 9.17) is 0 Å². The van der Waals surface area contributed by atoms with E-state index in [1.165, 1.54) is 0 Å². The Kier molecular flexibility index (Phi) is 1.94. The fraction of sp³-hybridized carbons (Fsp3) is 0.600. The number of hydrogen-bond donors (Lipinski definition) is 0. The Morgan fingerprint density at radius 2 is 2.38 bits per heavy atom. The van der Waals surface area contributed by atoms with Crippen molar-refractivity contribution in [1.29, 1.82) is 0 Å². The normalized spacial score (nSPS) is 16.2. The van der Waals surface area contributed by atoms with Crippen LogP contribution in [0.3, 0.4) is 0 Å². The van der Waals surface area contributed by atoms with E-state index in [9.17, 15) is 4.79 Å². The van der Waals surface area contributed by atoms with Crippen molar-refractivity contribution in [3.8, 4) is 0 Å². The maximum absolute atomic E-state index is 11.7. The first kappa shape index (κ1) is 8.48. The molecule has 1 heterocycles. The molecule has 1 fully saturated rings. The molecule has 0 amide bonds. The van der Waals surface area contributed by atoms with Crippen LogP contribution in [0.5, 0.6) is 0 Å². The van der Waals surface area contributed by atoms with Gasteiger partial charge in [0, 0.05) is 19.2 Å². The Hall–Kier alpha value is -1.12. The summed E-state index contributed by atoms with van der Waals surface area (Å²) in [5.74, 6) is 0.597. The summed E-state index contributed by atoms with van der Waals surface area (Å²) >= 11 is 0. The van der Waals surface area contributed by atoms with Crippen molar-refractivity contribution in [3.05, 3.63) is 17.5 Å². The number of hydrogen-bond acceptors (Lipinski definition) is 2. The molecule has 0 unspecified atom stereocenters. The quantitative estimate of drug-likeness (QED) is 0.658. The number of rotatable bonds is 3. The number of aromatic nitrogens is 2. The molecule has 1 aliphatic carbocycles. The van der Waals surface area contributed by atoms with Gasteiger partial charge in [0.05, 0.1) is 11.3 Å². The van der Waals surface area contributed by atoms with Crippen LogP contribution in [0.25, 0.3) is 0 Å². The lowest BCUT2D eigenvalue weighted by molar-refractivity contribution is 0.0966. The first-order valence-corrected chi connectivity index (χ1v) is 4.79. The third-order valence-corrected chi connectivity index (χ3v) is 2.45.